The lowest BCUT2D eigenvalue weighted by Gasteiger charge is -2.18. The summed E-state index contributed by atoms with van der Waals surface area (Å²) in [6.45, 7) is 3.64. The number of rotatable bonds is 6. The first-order valence-corrected chi connectivity index (χ1v) is 8.28. The van der Waals surface area contributed by atoms with Gasteiger partial charge in [0.15, 0.2) is 11.6 Å². The summed E-state index contributed by atoms with van der Waals surface area (Å²) in [5, 5.41) is 0. The summed E-state index contributed by atoms with van der Waals surface area (Å²) in [6, 6.07) is 9.15. The number of hydrogen-bond donors (Lipinski definition) is 0. The number of methoxy groups -OCH3 is 1. The predicted octanol–water partition coefficient (Wildman–Crippen LogP) is 5.90. The van der Waals surface area contributed by atoms with Crippen LogP contribution in [0.3, 0.4) is 0 Å². The Balaban J connectivity index is 2.31. The van der Waals surface area contributed by atoms with E-state index < -0.39 is 17.6 Å². The van der Waals surface area contributed by atoms with Crippen molar-refractivity contribution in [1.82, 2.24) is 0 Å². The fourth-order valence-corrected chi connectivity index (χ4v) is 3.00. The van der Waals surface area contributed by atoms with Crippen LogP contribution >= 0.6 is 0 Å². The Labute approximate surface area is 145 Å². The molecule has 0 atom stereocenters. The zero-order valence-corrected chi connectivity index (χ0v) is 14.6. The highest BCUT2D eigenvalue weighted by atomic mass is 19.4. The Morgan fingerprint density at radius 1 is 0.960 bits per heavy atom. The number of ether oxygens (including phenoxy) is 1. The van der Waals surface area contributed by atoms with Crippen LogP contribution in [-0.2, 0) is 25.4 Å². The summed E-state index contributed by atoms with van der Waals surface area (Å²) in [7, 11) is 1.16. The maximum Gasteiger partial charge on any atom is 0.419 e. The Morgan fingerprint density at radius 2 is 1.52 bits per heavy atom. The SMILES string of the molecule is CCCc1ccc(CCc2c(C)cc(OC)c(F)c2C(F)(F)F)cc1. The van der Waals surface area contributed by atoms with Crippen molar-refractivity contribution in [2.45, 2.75) is 45.7 Å². The summed E-state index contributed by atoms with van der Waals surface area (Å²) < 4.78 is 59.1. The standard InChI is InChI=1S/C20H22F4O/c1-4-5-14-6-8-15(9-7-14)10-11-16-13(2)12-17(25-3)19(21)18(16)20(22,23)24/h6-9,12H,4-5,10-11H2,1-3H3. The Hall–Kier alpha value is -2.04. The number of halogens is 4. The molecule has 0 radical (unpaired) electrons. The van der Waals surface area contributed by atoms with Crippen molar-refractivity contribution in [2.75, 3.05) is 7.11 Å². The molecule has 0 aliphatic rings. The molecule has 0 spiro atoms. The number of hydrogen-bond acceptors (Lipinski definition) is 1. The van der Waals surface area contributed by atoms with Crippen molar-refractivity contribution in [3.8, 4) is 5.75 Å². The molecule has 0 aliphatic carbocycles. The lowest BCUT2D eigenvalue weighted by Crippen LogP contribution is -2.15. The van der Waals surface area contributed by atoms with Crippen LogP contribution in [0.15, 0.2) is 30.3 Å². The van der Waals surface area contributed by atoms with Gasteiger partial charge in [-0.05, 0) is 54.5 Å². The number of aryl methyl sites for hydroxylation is 3. The second kappa shape index (κ2) is 7.89. The van der Waals surface area contributed by atoms with E-state index in [1.54, 1.807) is 6.92 Å². The third kappa shape index (κ3) is 4.53. The fraction of sp³-hybridized carbons (Fsp3) is 0.400. The van der Waals surface area contributed by atoms with Gasteiger partial charge in [0.1, 0.15) is 0 Å². The van der Waals surface area contributed by atoms with Crippen molar-refractivity contribution in [3.05, 3.63) is 64.0 Å². The normalized spacial score (nSPS) is 11.6. The van der Waals surface area contributed by atoms with Crippen LogP contribution in [0.5, 0.6) is 5.75 Å². The average Bonchev–Trinajstić information content (AvgIpc) is 2.55. The maximum atomic E-state index is 14.2. The van der Waals surface area contributed by atoms with Crippen molar-refractivity contribution in [1.29, 1.82) is 0 Å². The third-order valence-corrected chi connectivity index (χ3v) is 4.29. The monoisotopic (exact) mass is 354 g/mol. The zero-order chi connectivity index (χ0) is 18.6. The molecule has 0 unspecified atom stereocenters. The molecule has 0 bridgehead atoms. The van der Waals surface area contributed by atoms with E-state index in [-0.39, 0.29) is 17.7 Å². The Morgan fingerprint density at radius 3 is 2.00 bits per heavy atom. The van der Waals surface area contributed by atoms with Crippen molar-refractivity contribution in [2.24, 2.45) is 0 Å². The third-order valence-electron chi connectivity index (χ3n) is 4.29. The molecule has 1 nitrogen and oxygen atoms in total. The smallest absolute Gasteiger partial charge is 0.419 e. The van der Waals surface area contributed by atoms with E-state index in [1.807, 2.05) is 24.3 Å². The quantitative estimate of drug-likeness (QED) is 0.587. The van der Waals surface area contributed by atoms with Crippen LogP contribution in [0.1, 0.15) is 41.2 Å². The lowest BCUT2D eigenvalue weighted by molar-refractivity contribution is -0.140. The van der Waals surface area contributed by atoms with Gasteiger partial charge in [-0.15, -0.1) is 0 Å². The van der Waals surface area contributed by atoms with E-state index in [0.717, 1.165) is 25.5 Å². The van der Waals surface area contributed by atoms with Gasteiger partial charge in [-0.1, -0.05) is 37.6 Å². The second-order valence-electron chi connectivity index (χ2n) is 6.13. The molecule has 0 aromatic heterocycles. The molecular formula is C20H22F4O. The van der Waals surface area contributed by atoms with Crippen LogP contribution in [0.4, 0.5) is 17.6 Å². The molecule has 0 saturated carbocycles. The van der Waals surface area contributed by atoms with Gasteiger partial charge in [-0.25, -0.2) is 4.39 Å². The fourth-order valence-electron chi connectivity index (χ4n) is 3.00. The zero-order valence-electron chi connectivity index (χ0n) is 14.6. The Bertz CT molecular complexity index is 718. The van der Waals surface area contributed by atoms with E-state index >= 15 is 0 Å². The topological polar surface area (TPSA) is 9.23 Å². The molecule has 136 valence electrons. The summed E-state index contributed by atoms with van der Waals surface area (Å²) in [5.74, 6) is -1.72. The van der Waals surface area contributed by atoms with E-state index in [2.05, 4.69) is 6.92 Å². The molecule has 0 heterocycles. The highest BCUT2D eigenvalue weighted by molar-refractivity contribution is 5.45. The van der Waals surface area contributed by atoms with E-state index in [1.165, 1.54) is 11.6 Å². The molecule has 0 saturated heterocycles. The van der Waals surface area contributed by atoms with Gasteiger partial charge in [-0.2, -0.15) is 13.2 Å². The summed E-state index contributed by atoms with van der Waals surface area (Å²) in [6.07, 6.45) is -2.21. The minimum absolute atomic E-state index is 0.0107. The van der Waals surface area contributed by atoms with Crippen LogP contribution in [0, 0.1) is 12.7 Å². The first kappa shape index (κ1) is 19.3. The van der Waals surface area contributed by atoms with Gasteiger partial charge >= 0.3 is 6.18 Å². The van der Waals surface area contributed by atoms with Gasteiger partial charge in [0.2, 0.25) is 0 Å². The van der Waals surface area contributed by atoms with Gasteiger partial charge < -0.3 is 4.74 Å². The van der Waals surface area contributed by atoms with Gasteiger partial charge in [0.25, 0.3) is 0 Å². The first-order valence-electron chi connectivity index (χ1n) is 8.28. The molecule has 2 aromatic carbocycles. The van der Waals surface area contributed by atoms with Crippen LogP contribution in [-0.4, -0.2) is 7.11 Å². The molecule has 0 N–H and O–H groups in total. The van der Waals surface area contributed by atoms with Crippen molar-refractivity contribution >= 4 is 0 Å². The molecule has 0 amide bonds. The van der Waals surface area contributed by atoms with E-state index in [9.17, 15) is 17.6 Å². The molecule has 25 heavy (non-hydrogen) atoms. The molecule has 5 heteroatoms. The number of alkyl halides is 3. The molecular weight excluding hydrogens is 332 g/mol. The number of benzene rings is 2. The highest BCUT2D eigenvalue weighted by Crippen LogP contribution is 2.39. The minimum atomic E-state index is -4.76. The highest BCUT2D eigenvalue weighted by Gasteiger charge is 2.39. The average molecular weight is 354 g/mol. The molecule has 2 aromatic rings. The van der Waals surface area contributed by atoms with Gasteiger partial charge in [-0.3, -0.25) is 0 Å². The predicted molar refractivity (Wildman–Crippen MR) is 90.5 cm³/mol. The summed E-state index contributed by atoms with van der Waals surface area (Å²) >= 11 is 0. The summed E-state index contributed by atoms with van der Waals surface area (Å²) in [5.41, 5.74) is 1.29. The maximum absolute atomic E-state index is 14.2. The molecule has 0 aliphatic heterocycles. The van der Waals surface area contributed by atoms with Crippen molar-refractivity contribution < 1.29 is 22.3 Å². The van der Waals surface area contributed by atoms with Crippen LogP contribution in [0.25, 0.3) is 0 Å². The lowest BCUT2D eigenvalue weighted by atomic mass is 9.94. The second-order valence-corrected chi connectivity index (χ2v) is 6.13. The largest absolute Gasteiger partial charge is 0.494 e. The van der Waals surface area contributed by atoms with Crippen LogP contribution < -0.4 is 4.74 Å². The van der Waals surface area contributed by atoms with Crippen molar-refractivity contribution in [3.63, 3.8) is 0 Å². The van der Waals surface area contributed by atoms with Gasteiger partial charge in [0.05, 0.1) is 12.7 Å². The molecule has 0 fully saturated rings. The minimum Gasteiger partial charge on any atom is -0.494 e. The summed E-state index contributed by atoms with van der Waals surface area (Å²) in [4.78, 5) is 0. The van der Waals surface area contributed by atoms with Crippen LogP contribution in [0.2, 0.25) is 0 Å². The molecule has 2 rings (SSSR count). The van der Waals surface area contributed by atoms with Gasteiger partial charge in [0, 0.05) is 0 Å². The first-order chi connectivity index (χ1) is 11.8. The van der Waals surface area contributed by atoms with E-state index in [0.29, 0.717) is 12.0 Å². The van der Waals surface area contributed by atoms with E-state index in [4.69, 9.17) is 4.74 Å². The Kier molecular flexibility index (Phi) is 6.09.